The van der Waals surface area contributed by atoms with Crippen molar-refractivity contribution in [3.63, 3.8) is 0 Å². The van der Waals surface area contributed by atoms with Crippen molar-refractivity contribution >= 4 is 80.0 Å². The SMILES string of the molecule is c1ccc([Si]2(c3ccccc3)c3ccccc3N(c3cc(N(c4ccc(-c5ccncc5)cc4)c4ccc(-c5ccncc5)cc4)cc(N4c5ccccc5Oc5ccccc54)c3)c3ccccc32)cc1. The van der Waals surface area contributed by atoms with Crippen molar-refractivity contribution in [3.8, 4) is 33.8 Å². The molecule has 0 fully saturated rings. The maximum Gasteiger partial charge on any atom is 0.184 e. The Kier molecular flexibility index (Phi) is 10.4. The molecule has 2 aromatic heterocycles. The van der Waals surface area contributed by atoms with Gasteiger partial charge in [0.2, 0.25) is 0 Å². The van der Waals surface area contributed by atoms with Crippen LogP contribution in [0.5, 0.6) is 11.5 Å². The van der Waals surface area contributed by atoms with E-state index in [4.69, 9.17) is 4.74 Å². The quantitative estimate of drug-likeness (QED) is 0.134. The molecule has 7 heteroatoms. The molecule has 0 unspecified atom stereocenters. The van der Waals surface area contributed by atoms with Gasteiger partial charge in [-0.1, -0.05) is 146 Å². The Morgan fingerprint density at radius 1 is 0.324 bits per heavy atom. The highest BCUT2D eigenvalue weighted by Gasteiger charge is 2.48. The lowest BCUT2D eigenvalue weighted by molar-refractivity contribution is 0.477. The van der Waals surface area contributed by atoms with Gasteiger partial charge in [0.1, 0.15) is 0 Å². The average molecular weight is 928 g/mol. The zero-order chi connectivity index (χ0) is 47.1. The summed E-state index contributed by atoms with van der Waals surface area (Å²) in [5, 5.41) is 5.36. The summed E-state index contributed by atoms with van der Waals surface area (Å²) in [7, 11) is -2.89. The van der Waals surface area contributed by atoms with Gasteiger partial charge >= 0.3 is 0 Å². The summed E-state index contributed by atoms with van der Waals surface area (Å²) in [6.45, 7) is 0. The van der Waals surface area contributed by atoms with Crippen molar-refractivity contribution < 1.29 is 4.74 Å². The van der Waals surface area contributed by atoms with E-state index in [1.807, 2.05) is 36.9 Å². The Bertz CT molecular complexity index is 3470. The van der Waals surface area contributed by atoms with Gasteiger partial charge in [-0.25, -0.2) is 0 Å². The van der Waals surface area contributed by atoms with E-state index in [1.165, 1.54) is 20.7 Å². The Hall–Kier alpha value is -9.30. The molecule has 2 aliphatic heterocycles. The van der Waals surface area contributed by atoms with E-state index in [1.54, 1.807) is 0 Å². The number of nitrogens with zero attached hydrogens (tertiary/aromatic N) is 5. The van der Waals surface area contributed by atoms with Gasteiger partial charge in [0, 0.05) is 47.5 Å². The van der Waals surface area contributed by atoms with E-state index < -0.39 is 8.07 Å². The fourth-order valence-corrected chi connectivity index (χ4v) is 15.9. The molecule has 0 bridgehead atoms. The van der Waals surface area contributed by atoms with Crippen LogP contribution in [0.3, 0.4) is 0 Å². The zero-order valence-corrected chi connectivity index (χ0v) is 39.6. The largest absolute Gasteiger partial charge is 0.453 e. The van der Waals surface area contributed by atoms with Crippen LogP contribution in [0, 0.1) is 0 Å². The van der Waals surface area contributed by atoms with Gasteiger partial charge in [-0.3, -0.25) is 9.97 Å². The summed E-state index contributed by atoms with van der Waals surface area (Å²) in [6, 6.07) is 90.2. The summed E-state index contributed by atoms with van der Waals surface area (Å²) in [6.07, 6.45) is 7.38. The van der Waals surface area contributed by atoms with Gasteiger partial charge in [0.05, 0.1) is 28.4 Å². The number of fused-ring (bicyclic) bond motifs is 4. The van der Waals surface area contributed by atoms with Crippen LogP contribution >= 0.6 is 0 Å². The van der Waals surface area contributed by atoms with Gasteiger partial charge < -0.3 is 19.4 Å². The van der Waals surface area contributed by atoms with E-state index in [-0.39, 0.29) is 0 Å². The number of hydrogen-bond donors (Lipinski definition) is 0. The van der Waals surface area contributed by atoms with Crippen LogP contribution < -0.4 is 40.2 Å². The van der Waals surface area contributed by atoms with Crippen LogP contribution in [-0.4, -0.2) is 18.0 Å². The summed E-state index contributed by atoms with van der Waals surface area (Å²) in [5.41, 5.74) is 13.7. The van der Waals surface area contributed by atoms with Crippen LogP contribution in [0.1, 0.15) is 0 Å². The molecule has 0 spiro atoms. The molecule has 71 heavy (non-hydrogen) atoms. The second-order valence-electron chi connectivity index (χ2n) is 17.8. The highest BCUT2D eigenvalue weighted by molar-refractivity contribution is 7.21. The lowest BCUT2D eigenvalue weighted by Gasteiger charge is -2.45. The average Bonchev–Trinajstić information content (AvgIpc) is 3.45. The first-order valence-electron chi connectivity index (χ1n) is 23.9. The molecule has 0 radical (unpaired) electrons. The predicted octanol–water partition coefficient (Wildman–Crippen LogP) is 14.0. The third-order valence-electron chi connectivity index (χ3n) is 13.9. The van der Waals surface area contributed by atoms with Crippen LogP contribution in [0.2, 0.25) is 0 Å². The van der Waals surface area contributed by atoms with E-state index >= 15 is 0 Å². The molecule has 0 amide bonds. The molecule has 13 rings (SSSR count). The van der Waals surface area contributed by atoms with Crippen molar-refractivity contribution in [2.45, 2.75) is 0 Å². The maximum atomic E-state index is 6.62. The van der Waals surface area contributed by atoms with Crippen molar-refractivity contribution in [3.05, 3.63) is 274 Å². The molecule has 0 saturated carbocycles. The Balaban J connectivity index is 1.08. The maximum absolute atomic E-state index is 6.62. The topological polar surface area (TPSA) is 44.7 Å². The number of para-hydroxylation sites is 6. The molecule has 9 aromatic carbocycles. The minimum atomic E-state index is -2.89. The van der Waals surface area contributed by atoms with Gasteiger partial charge in [0.25, 0.3) is 0 Å². The first-order valence-corrected chi connectivity index (χ1v) is 25.9. The number of benzene rings is 9. The fourth-order valence-electron chi connectivity index (χ4n) is 10.8. The van der Waals surface area contributed by atoms with Crippen LogP contribution in [-0.2, 0) is 0 Å². The molecule has 6 nitrogen and oxygen atoms in total. The number of rotatable bonds is 9. The Labute approximate surface area is 414 Å². The first kappa shape index (κ1) is 41.9. The lowest BCUT2D eigenvalue weighted by atomic mass is 10.0. The van der Waals surface area contributed by atoms with Gasteiger partial charge in [-0.2, -0.15) is 0 Å². The summed E-state index contributed by atoms with van der Waals surface area (Å²) in [5.74, 6) is 1.59. The molecule has 4 heterocycles. The fraction of sp³-hybridized carbons (Fsp3) is 0. The van der Waals surface area contributed by atoms with Crippen LogP contribution in [0.15, 0.2) is 274 Å². The van der Waals surface area contributed by atoms with E-state index in [9.17, 15) is 0 Å². The van der Waals surface area contributed by atoms with E-state index in [0.29, 0.717) is 0 Å². The van der Waals surface area contributed by atoms with Crippen molar-refractivity contribution in [2.75, 3.05) is 14.7 Å². The first-order chi connectivity index (χ1) is 35.2. The normalized spacial score (nSPS) is 13.0. The minimum Gasteiger partial charge on any atom is -0.453 e. The van der Waals surface area contributed by atoms with E-state index in [0.717, 1.165) is 84.9 Å². The standard InChI is InChI=1S/C64H45N5OSi/c1-3-15-55(16-4-1)71(56-17-5-2-6-18-56)63-25-13-9-21-59(63)69(60-22-10-14-26-64(60)71)54-44-52(43-53(45-54)68-57-19-7-11-23-61(57)70-62-24-12-8-20-58(62)68)67(50-31-27-46(28-32-50)48-35-39-65-40-36-48)51-33-29-47(30-34-51)49-37-41-66-42-38-49/h1-45H. The lowest BCUT2D eigenvalue weighted by Crippen LogP contribution is -2.77. The molecule has 0 saturated heterocycles. The second-order valence-corrected chi connectivity index (χ2v) is 21.6. The number of anilines is 9. The molecule has 336 valence electrons. The Morgan fingerprint density at radius 2 is 0.690 bits per heavy atom. The molecule has 11 aromatic rings. The monoisotopic (exact) mass is 927 g/mol. The third kappa shape index (κ3) is 7.18. The van der Waals surface area contributed by atoms with Gasteiger partial charge in [-0.15, -0.1) is 0 Å². The third-order valence-corrected chi connectivity index (χ3v) is 18.7. The Morgan fingerprint density at radius 3 is 1.14 bits per heavy atom. The summed E-state index contributed by atoms with van der Waals surface area (Å²) < 4.78 is 6.62. The molecule has 2 aliphatic rings. The van der Waals surface area contributed by atoms with Crippen molar-refractivity contribution in [2.24, 2.45) is 0 Å². The minimum absolute atomic E-state index is 0.795. The van der Waals surface area contributed by atoms with Crippen molar-refractivity contribution in [1.29, 1.82) is 0 Å². The molecule has 0 atom stereocenters. The van der Waals surface area contributed by atoms with Gasteiger partial charge in [-0.05, 0) is 146 Å². The molecular weight excluding hydrogens is 883 g/mol. The number of aromatic nitrogens is 2. The number of hydrogen-bond acceptors (Lipinski definition) is 6. The second kappa shape index (κ2) is 17.7. The predicted molar refractivity (Wildman–Crippen MR) is 294 cm³/mol. The van der Waals surface area contributed by atoms with Crippen LogP contribution in [0.4, 0.5) is 51.2 Å². The number of pyridine rings is 2. The summed E-state index contributed by atoms with van der Waals surface area (Å²) in [4.78, 5) is 15.8. The molecular formula is C64H45N5OSi. The van der Waals surface area contributed by atoms with Crippen LogP contribution in [0.25, 0.3) is 22.3 Å². The van der Waals surface area contributed by atoms with E-state index in [2.05, 4.69) is 261 Å². The summed E-state index contributed by atoms with van der Waals surface area (Å²) >= 11 is 0. The van der Waals surface area contributed by atoms with Crippen molar-refractivity contribution in [1.82, 2.24) is 9.97 Å². The smallest absolute Gasteiger partial charge is 0.184 e. The highest BCUT2D eigenvalue weighted by Crippen LogP contribution is 2.53. The van der Waals surface area contributed by atoms with Gasteiger partial charge in [0.15, 0.2) is 19.6 Å². The molecule has 0 N–H and O–H groups in total. The number of ether oxygens (including phenoxy) is 1. The highest BCUT2D eigenvalue weighted by atomic mass is 28.3. The molecule has 0 aliphatic carbocycles. The zero-order valence-electron chi connectivity index (χ0n) is 38.6.